The van der Waals surface area contributed by atoms with Crippen LogP contribution < -0.4 is 11.1 Å². The molecule has 2 rings (SSSR count). The van der Waals surface area contributed by atoms with Crippen molar-refractivity contribution in [2.24, 2.45) is 0 Å². The summed E-state index contributed by atoms with van der Waals surface area (Å²) in [5, 5.41) is 3.37. The van der Waals surface area contributed by atoms with Gasteiger partial charge >= 0.3 is 0 Å². The third-order valence-corrected chi connectivity index (χ3v) is 3.06. The maximum absolute atomic E-state index is 5.63. The average molecular weight is 241 g/mol. The smallest absolute Gasteiger partial charge is 0.125 e. The standard InChI is InChI=1S/C15H19N3/c1-12(13-5-3-2-4-6-13)7-9-17-14-8-10-18-15(16)11-14/h2-6,8,10-12H,7,9H2,1H3,(H3,16,17,18). The van der Waals surface area contributed by atoms with Crippen LogP contribution in [0.4, 0.5) is 11.5 Å². The first-order chi connectivity index (χ1) is 8.75. The quantitative estimate of drug-likeness (QED) is 0.844. The lowest BCUT2D eigenvalue weighted by molar-refractivity contribution is 0.706. The summed E-state index contributed by atoms with van der Waals surface area (Å²) in [5.41, 5.74) is 8.04. The Labute approximate surface area is 108 Å². The maximum Gasteiger partial charge on any atom is 0.125 e. The van der Waals surface area contributed by atoms with Gasteiger partial charge in [0.15, 0.2) is 0 Å². The molecule has 1 atom stereocenters. The highest BCUT2D eigenvalue weighted by molar-refractivity contribution is 5.49. The normalized spacial score (nSPS) is 12.1. The van der Waals surface area contributed by atoms with E-state index in [4.69, 9.17) is 5.73 Å². The molecule has 1 heterocycles. The van der Waals surface area contributed by atoms with E-state index in [0.29, 0.717) is 11.7 Å². The number of nitrogens with one attached hydrogen (secondary N) is 1. The van der Waals surface area contributed by atoms with E-state index in [0.717, 1.165) is 18.7 Å². The summed E-state index contributed by atoms with van der Waals surface area (Å²) in [4.78, 5) is 3.97. The van der Waals surface area contributed by atoms with E-state index >= 15 is 0 Å². The van der Waals surface area contributed by atoms with Crippen molar-refractivity contribution in [3.8, 4) is 0 Å². The monoisotopic (exact) mass is 241 g/mol. The summed E-state index contributed by atoms with van der Waals surface area (Å²) >= 11 is 0. The molecule has 3 nitrogen and oxygen atoms in total. The third-order valence-electron chi connectivity index (χ3n) is 3.06. The second kappa shape index (κ2) is 6.05. The summed E-state index contributed by atoms with van der Waals surface area (Å²) in [6, 6.07) is 14.4. The molecule has 0 amide bonds. The Bertz CT molecular complexity index is 482. The van der Waals surface area contributed by atoms with Gasteiger partial charge < -0.3 is 11.1 Å². The Hall–Kier alpha value is -2.03. The molecule has 1 unspecified atom stereocenters. The van der Waals surface area contributed by atoms with Gasteiger partial charge in [0, 0.05) is 24.5 Å². The van der Waals surface area contributed by atoms with Crippen molar-refractivity contribution in [3.05, 3.63) is 54.2 Å². The van der Waals surface area contributed by atoms with E-state index in [-0.39, 0.29) is 0 Å². The number of pyridine rings is 1. The van der Waals surface area contributed by atoms with Crippen LogP contribution in [-0.4, -0.2) is 11.5 Å². The molecule has 3 N–H and O–H groups in total. The van der Waals surface area contributed by atoms with Gasteiger partial charge in [-0.1, -0.05) is 37.3 Å². The van der Waals surface area contributed by atoms with Crippen LogP contribution in [0.15, 0.2) is 48.7 Å². The van der Waals surface area contributed by atoms with Crippen molar-refractivity contribution in [2.75, 3.05) is 17.6 Å². The summed E-state index contributed by atoms with van der Waals surface area (Å²) in [7, 11) is 0. The van der Waals surface area contributed by atoms with Gasteiger partial charge in [-0.15, -0.1) is 0 Å². The highest BCUT2D eigenvalue weighted by Crippen LogP contribution is 2.18. The summed E-state index contributed by atoms with van der Waals surface area (Å²) in [6.07, 6.45) is 2.81. The van der Waals surface area contributed by atoms with Crippen LogP contribution in [0.2, 0.25) is 0 Å². The fourth-order valence-electron chi connectivity index (χ4n) is 1.94. The number of aromatic nitrogens is 1. The minimum atomic E-state index is 0.552. The Kier molecular flexibility index (Phi) is 4.18. The molecule has 0 bridgehead atoms. The molecule has 0 saturated carbocycles. The molecule has 0 aliphatic rings. The summed E-state index contributed by atoms with van der Waals surface area (Å²) in [6.45, 7) is 3.18. The number of hydrogen-bond acceptors (Lipinski definition) is 3. The molecule has 0 fully saturated rings. The van der Waals surface area contributed by atoms with E-state index in [9.17, 15) is 0 Å². The SMILES string of the molecule is CC(CCNc1ccnc(N)c1)c1ccccc1. The third kappa shape index (κ3) is 3.48. The van der Waals surface area contributed by atoms with Gasteiger partial charge in [0.2, 0.25) is 0 Å². The summed E-state index contributed by atoms with van der Waals surface area (Å²) in [5.74, 6) is 1.11. The molecule has 3 heteroatoms. The van der Waals surface area contributed by atoms with Gasteiger partial charge in [-0.25, -0.2) is 4.98 Å². The van der Waals surface area contributed by atoms with Crippen molar-refractivity contribution in [1.29, 1.82) is 0 Å². The first kappa shape index (κ1) is 12.4. The van der Waals surface area contributed by atoms with Gasteiger partial charge in [-0.2, -0.15) is 0 Å². The number of anilines is 2. The van der Waals surface area contributed by atoms with Crippen molar-refractivity contribution in [1.82, 2.24) is 4.98 Å². The lowest BCUT2D eigenvalue weighted by atomic mass is 9.98. The molecule has 1 aromatic carbocycles. The van der Waals surface area contributed by atoms with Crippen molar-refractivity contribution >= 4 is 11.5 Å². The van der Waals surface area contributed by atoms with E-state index in [2.05, 4.69) is 41.5 Å². The second-order valence-corrected chi connectivity index (χ2v) is 4.50. The molecule has 0 spiro atoms. The van der Waals surface area contributed by atoms with Crippen LogP contribution in [-0.2, 0) is 0 Å². The molecule has 18 heavy (non-hydrogen) atoms. The largest absolute Gasteiger partial charge is 0.385 e. The van der Waals surface area contributed by atoms with E-state index in [1.807, 2.05) is 18.2 Å². The lowest BCUT2D eigenvalue weighted by Crippen LogP contribution is -2.06. The molecular formula is C15H19N3. The van der Waals surface area contributed by atoms with Gasteiger partial charge in [-0.3, -0.25) is 0 Å². The fraction of sp³-hybridized carbons (Fsp3) is 0.267. The molecule has 2 aromatic rings. The summed E-state index contributed by atoms with van der Waals surface area (Å²) < 4.78 is 0. The van der Waals surface area contributed by atoms with Gasteiger partial charge in [0.1, 0.15) is 5.82 Å². The minimum Gasteiger partial charge on any atom is -0.385 e. The van der Waals surface area contributed by atoms with E-state index in [1.54, 1.807) is 6.20 Å². The topological polar surface area (TPSA) is 50.9 Å². The highest BCUT2D eigenvalue weighted by atomic mass is 14.9. The number of rotatable bonds is 5. The average Bonchev–Trinajstić information content (AvgIpc) is 2.40. The van der Waals surface area contributed by atoms with E-state index < -0.39 is 0 Å². The molecular weight excluding hydrogens is 222 g/mol. The van der Waals surface area contributed by atoms with Gasteiger partial charge in [0.25, 0.3) is 0 Å². The first-order valence-electron chi connectivity index (χ1n) is 6.26. The number of hydrogen-bond donors (Lipinski definition) is 2. The van der Waals surface area contributed by atoms with Gasteiger partial charge in [0.05, 0.1) is 0 Å². The second-order valence-electron chi connectivity index (χ2n) is 4.50. The molecule has 0 radical (unpaired) electrons. The Morgan fingerprint density at radius 2 is 2.00 bits per heavy atom. The van der Waals surface area contributed by atoms with Crippen LogP contribution in [0, 0.1) is 0 Å². The molecule has 0 aliphatic carbocycles. The predicted molar refractivity (Wildman–Crippen MR) is 76.6 cm³/mol. The highest BCUT2D eigenvalue weighted by Gasteiger charge is 2.04. The maximum atomic E-state index is 5.63. The predicted octanol–water partition coefficient (Wildman–Crippen LogP) is 3.27. The van der Waals surface area contributed by atoms with Crippen molar-refractivity contribution < 1.29 is 0 Å². The molecule has 0 aliphatic heterocycles. The zero-order valence-electron chi connectivity index (χ0n) is 10.6. The van der Waals surface area contributed by atoms with E-state index in [1.165, 1.54) is 5.56 Å². The van der Waals surface area contributed by atoms with Gasteiger partial charge in [-0.05, 0) is 24.0 Å². The van der Waals surface area contributed by atoms with Crippen LogP contribution in [0.25, 0.3) is 0 Å². The fourth-order valence-corrected chi connectivity index (χ4v) is 1.94. The Balaban J connectivity index is 1.82. The minimum absolute atomic E-state index is 0.552. The number of benzene rings is 1. The lowest BCUT2D eigenvalue weighted by Gasteiger charge is -2.13. The first-order valence-corrected chi connectivity index (χ1v) is 6.26. The van der Waals surface area contributed by atoms with Crippen LogP contribution in [0.3, 0.4) is 0 Å². The molecule has 1 aromatic heterocycles. The zero-order valence-corrected chi connectivity index (χ0v) is 10.6. The van der Waals surface area contributed by atoms with Crippen molar-refractivity contribution in [2.45, 2.75) is 19.3 Å². The number of nitrogens with zero attached hydrogens (tertiary/aromatic N) is 1. The van der Waals surface area contributed by atoms with Crippen molar-refractivity contribution in [3.63, 3.8) is 0 Å². The zero-order chi connectivity index (χ0) is 12.8. The number of nitrogens with two attached hydrogens (primary N) is 1. The van der Waals surface area contributed by atoms with Crippen LogP contribution in [0.1, 0.15) is 24.8 Å². The Morgan fingerprint density at radius 1 is 1.22 bits per heavy atom. The molecule has 0 saturated heterocycles. The number of nitrogen functional groups attached to an aromatic ring is 1. The van der Waals surface area contributed by atoms with Crippen LogP contribution in [0.5, 0.6) is 0 Å². The van der Waals surface area contributed by atoms with Crippen LogP contribution >= 0.6 is 0 Å². The molecule has 94 valence electrons. The Morgan fingerprint density at radius 3 is 2.72 bits per heavy atom.